The van der Waals surface area contributed by atoms with E-state index in [-0.39, 0.29) is 6.10 Å². The van der Waals surface area contributed by atoms with Crippen molar-refractivity contribution >= 4 is 11.6 Å². The molecule has 1 saturated heterocycles. The molecule has 0 saturated carbocycles. The number of aromatic nitrogens is 6. The largest absolute Gasteiger partial charge is 0.485 e. The Morgan fingerprint density at radius 1 is 1.38 bits per heavy atom. The Kier molecular flexibility index (Phi) is 4.46. The van der Waals surface area contributed by atoms with Crippen molar-refractivity contribution < 1.29 is 4.74 Å². The Morgan fingerprint density at radius 3 is 3.00 bits per heavy atom. The highest BCUT2D eigenvalue weighted by Crippen LogP contribution is 2.32. The summed E-state index contributed by atoms with van der Waals surface area (Å²) in [6.07, 6.45) is 6.21. The van der Waals surface area contributed by atoms with Crippen molar-refractivity contribution in [2.45, 2.75) is 39.3 Å². The summed E-state index contributed by atoms with van der Waals surface area (Å²) < 4.78 is 7.70. The molecular formula is C17H24N8O. The van der Waals surface area contributed by atoms with Gasteiger partial charge in [-0.1, -0.05) is 6.92 Å². The molecule has 26 heavy (non-hydrogen) atoms. The molecule has 0 aromatic carbocycles. The zero-order chi connectivity index (χ0) is 18.1. The second-order valence-electron chi connectivity index (χ2n) is 7.00. The van der Waals surface area contributed by atoms with Crippen molar-refractivity contribution in [3.63, 3.8) is 0 Å². The molecule has 4 heterocycles. The van der Waals surface area contributed by atoms with Crippen LogP contribution < -0.4 is 15.4 Å². The van der Waals surface area contributed by atoms with E-state index in [0.717, 1.165) is 25.1 Å². The first kappa shape index (κ1) is 16.8. The Hall–Kier alpha value is -2.68. The van der Waals surface area contributed by atoms with Gasteiger partial charge in [0.05, 0.1) is 12.3 Å². The van der Waals surface area contributed by atoms with Crippen molar-refractivity contribution in [2.75, 3.05) is 18.4 Å². The molecule has 138 valence electrons. The van der Waals surface area contributed by atoms with E-state index in [1.165, 1.54) is 0 Å². The third-order valence-electron chi connectivity index (χ3n) is 4.57. The van der Waals surface area contributed by atoms with E-state index in [2.05, 4.69) is 42.8 Å². The molecule has 0 aliphatic carbocycles. The van der Waals surface area contributed by atoms with Crippen molar-refractivity contribution in [1.82, 2.24) is 35.1 Å². The number of piperidine rings is 1. The zero-order valence-electron chi connectivity index (χ0n) is 15.2. The number of nitrogens with zero attached hydrogens (tertiary/aromatic N) is 5. The first-order valence-corrected chi connectivity index (χ1v) is 9.00. The lowest BCUT2D eigenvalue weighted by molar-refractivity contribution is 0.244. The van der Waals surface area contributed by atoms with E-state index in [9.17, 15) is 0 Å². The topological polar surface area (TPSA) is 105 Å². The summed E-state index contributed by atoms with van der Waals surface area (Å²) in [5.41, 5.74) is 2.20. The standard InChI is InChI=1S/C17H24N8O/c1-10(2)26-15-14(12-7-20-21-8-12)19-9-25-16(15)23-17(24-25)22-13-4-5-18-6-11(13)3/h7-11,13,18H,4-6H2,1-3H3,(H,20,21)(H,22,24)/t11-,13+/m1/s1. The van der Waals surface area contributed by atoms with Gasteiger partial charge in [-0.05, 0) is 39.3 Å². The van der Waals surface area contributed by atoms with Crippen LogP contribution in [0.2, 0.25) is 0 Å². The maximum absolute atomic E-state index is 6.04. The fraction of sp³-hybridized carbons (Fsp3) is 0.529. The SMILES string of the molecule is CC(C)Oc1c(-c2cn[nH]c2)ncn2nc(N[C@H]3CCNC[C@H]3C)nc12. The van der Waals surface area contributed by atoms with Gasteiger partial charge in [-0.25, -0.2) is 4.98 Å². The molecule has 9 nitrogen and oxygen atoms in total. The summed E-state index contributed by atoms with van der Waals surface area (Å²) in [5, 5.41) is 18.2. The number of ether oxygens (including phenoxy) is 1. The fourth-order valence-electron chi connectivity index (χ4n) is 3.22. The summed E-state index contributed by atoms with van der Waals surface area (Å²) in [7, 11) is 0. The van der Waals surface area contributed by atoms with Gasteiger partial charge in [-0.15, -0.1) is 5.10 Å². The smallest absolute Gasteiger partial charge is 0.243 e. The Bertz CT molecular complexity index is 872. The number of fused-ring (bicyclic) bond motifs is 1. The van der Waals surface area contributed by atoms with E-state index in [1.54, 1.807) is 23.2 Å². The van der Waals surface area contributed by atoms with Crippen LogP contribution in [0.25, 0.3) is 16.9 Å². The molecule has 3 aromatic rings. The minimum Gasteiger partial charge on any atom is -0.485 e. The third kappa shape index (κ3) is 3.22. The molecule has 9 heteroatoms. The van der Waals surface area contributed by atoms with E-state index in [1.807, 2.05) is 13.8 Å². The van der Waals surface area contributed by atoms with Crippen LogP contribution in [0.5, 0.6) is 5.75 Å². The number of anilines is 1. The van der Waals surface area contributed by atoms with Gasteiger partial charge in [-0.2, -0.15) is 14.6 Å². The minimum absolute atomic E-state index is 0.00815. The second-order valence-corrected chi connectivity index (χ2v) is 7.00. The number of hydrogen-bond acceptors (Lipinski definition) is 7. The van der Waals surface area contributed by atoms with Gasteiger partial charge >= 0.3 is 0 Å². The van der Waals surface area contributed by atoms with Gasteiger partial charge in [0.25, 0.3) is 0 Å². The molecule has 0 unspecified atom stereocenters. The molecule has 0 radical (unpaired) electrons. The Balaban J connectivity index is 1.72. The maximum Gasteiger partial charge on any atom is 0.243 e. The predicted octanol–water partition coefficient (Wildman–Crippen LogP) is 1.71. The number of aromatic amines is 1. The average molecular weight is 356 g/mol. The van der Waals surface area contributed by atoms with Crippen LogP contribution in [0.15, 0.2) is 18.7 Å². The van der Waals surface area contributed by atoms with Crippen molar-refractivity contribution in [3.8, 4) is 17.0 Å². The third-order valence-corrected chi connectivity index (χ3v) is 4.57. The first-order chi connectivity index (χ1) is 12.6. The van der Waals surface area contributed by atoms with Crippen LogP contribution in [0.1, 0.15) is 27.2 Å². The van der Waals surface area contributed by atoms with Gasteiger partial charge in [-0.3, -0.25) is 5.10 Å². The summed E-state index contributed by atoms with van der Waals surface area (Å²) in [5.74, 6) is 1.73. The summed E-state index contributed by atoms with van der Waals surface area (Å²) in [6, 6.07) is 0.351. The van der Waals surface area contributed by atoms with Crippen LogP contribution in [-0.2, 0) is 0 Å². The van der Waals surface area contributed by atoms with E-state index < -0.39 is 0 Å². The van der Waals surface area contributed by atoms with Gasteiger partial charge in [0, 0.05) is 17.8 Å². The number of hydrogen-bond donors (Lipinski definition) is 3. The second kappa shape index (κ2) is 6.91. The summed E-state index contributed by atoms with van der Waals surface area (Å²) in [6.45, 7) is 8.19. The minimum atomic E-state index is -0.00815. The normalized spacial score (nSPS) is 20.6. The average Bonchev–Trinajstić information content (AvgIpc) is 3.26. The first-order valence-electron chi connectivity index (χ1n) is 9.00. The van der Waals surface area contributed by atoms with Crippen LogP contribution in [-0.4, -0.2) is 55.0 Å². The lowest BCUT2D eigenvalue weighted by Crippen LogP contribution is -2.42. The lowest BCUT2D eigenvalue weighted by atomic mass is 9.95. The quantitative estimate of drug-likeness (QED) is 0.639. The molecule has 1 aliphatic heterocycles. The molecular weight excluding hydrogens is 332 g/mol. The van der Waals surface area contributed by atoms with Crippen LogP contribution >= 0.6 is 0 Å². The Labute approximate surface area is 151 Å². The number of nitrogens with one attached hydrogen (secondary N) is 3. The summed E-state index contributed by atoms with van der Waals surface area (Å²) in [4.78, 5) is 9.20. The van der Waals surface area contributed by atoms with Gasteiger partial charge in [0.15, 0.2) is 5.75 Å². The lowest BCUT2D eigenvalue weighted by Gasteiger charge is -2.29. The van der Waals surface area contributed by atoms with E-state index >= 15 is 0 Å². The van der Waals surface area contributed by atoms with Crippen molar-refractivity contribution in [3.05, 3.63) is 18.7 Å². The van der Waals surface area contributed by atoms with Gasteiger partial charge in [0.2, 0.25) is 11.6 Å². The van der Waals surface area contributed by atoms with Gasteiger partial charge in [0.1, 0.15) is 12.0 Å². The highest BCUT2D eigenvalue weighted by atomic mass is 16.5. The molecule has 0 bridgehead atoms. The maximum atomic E-state index is 6.04. The molecule has 0 spiro atoms. The van der Waals surface area contributed by atoms with Crippen molar-refractivity contribution in [1.29, 1.82) is 0 Å². The van der Waals surface area contributed by atoms with E-state index in [4.69, 9.17) is 4.74 Å². The van der Waals surface area contributed by atoms with Crippen LogP contribution in [0.4, 0.5) is 5.95 Å². The molecule has 2 atom stereocenters. The predicted molar refractivity (Wildman–Crippen MR) is 98.2 cm³/mol. The van der Waals surface area contributed by atoms with E-state index in [0.29, 0.717) is 35.0 Å². The molecule has 0 amide bonds. The number of H-pyrrole nitrogens is 1. The molecule has 3 aromatic heterocycles. The molecule has 1 fully saturated rings. The molecule has 3 N–H and O–H groups in total. The van der Waals surface area contributed by atoms with Crippen molar-refractivity contribution in [2.24, 2.45) is 5.92 Å². The fourth-order valence-corrected chi connectivity index (χ4v) is 3.22. The summed E-state index contributed by atoms with van der Waals surface area (Å²) >= 11 is 0. The van der Waals surface area contributed by atoms with Crippen LogP contribution in [0, 0.1) is 5.92 Å². The highest BCUT2D eigenvalue weighted by Gasteiger charge is 2.24. The Morgan fingerprint density at radius 2 is 2.27 bits per heavy atom. The zero-order valence-corrected chi connectivity index (χ0v) is 15.2. The molecule has 4 rings (SSSR count). The number of rotatable bonds is 5. The monoisotopic (exact) mass is 356 g/mol. The molecule has 1 aliphatic rings. The highest BCUT2D eigenvalue weighted by molar-refractivity contribution is 5.73. The van der Waals surface area contributed by atoms with Gasteiger partial charge < -0.3 is 15.4 Å². The van der Waals surface area contributed by atoms with Crippen LogP contribution in [0.3, 0.4) is 0 Å².